The van der Waals surface area contributed by atoms with Crippen LogP contribution in [0.3, 0.4) is 0 Å². The van der Waals surface area contributed by atoms with E-state index in [1.54, 1.807) is 30.8 Å². The third-order valence-corrected chi connectivity index (χ3v) is 3.67. The molecule has 2 aromatic carbocycles. The molecule has 5 heteroatoms. The summed E-state index contributed by atoms with van der Waals surface area (Å²) in [6, 6.07) is 16.7. The number of nitrogens with zero attached hydrogens (tertiary/aromatic N) is 2. The molecule has 0 aliphatic carbocycles. The van der Waals surface area contributed by atoms with E-state index in [-0.39, 0.29) is 5.43 Å². The van der Waals surface area contributed by atoms with Gasteiger partial charge in [-0.05, 0) is 36.8 Å². The lowest BCUT2D eigenvalue weighted by Gasteiger charge is -2.14. The third kappa shape index (κ3) is 2.68. The second-order valence-corrected chi connectivity index (χ2v) is 5.15. The largest absolute Gasteiger partial charge is 0.497 e. The van der Waals surface area contributed by atoms with Crippen LogP contribution in [-0.4, -0.2) is 16.9 Å². The zero-order valence-electron chi connectivity index (χ0n) is 13.0. The summed E-state index contributed by atoms with van der Waals surface area (Å²) in [5.41, 5.74) is 8.48. The molecule has 1 heterocycles. The second kappa shape index (κ2) is 5.96. The molecule has 0 saturated carbocycles. The van der Waals surface area contributed by atoms with E-state index in [0.717, 1.165) is 17.0 Å². The molecule has 23 heavy (non-hydrogen) atoms. The highest BCUT2D eigenvalue weighted by Gasteiger charge is 2.15. The fourth-order valence-electron chi connectivity index (χ4n) is 2.46. The number of para-hydroxylation sites is 1. The van der Waals surface area contributed by atoms with E-state index in [4.69, 9.17) is 10.5 Å². The minimum atomic E-state index is -0.167. The number of aromatic nitrogens is 2. The topological polar surface area (TPSA) is 70.1 Å². The Hall–Kier alpha value is -3.08. The third-order valence-electron chi connectivity index (χ3n) is 3.67. The van der Waals surface area contributed by atoms with Gasteiger partial charge in [0.15, 0.2) is 0 Å². The first-order valence-electron chi connectivity index (χ1n) is 7.21. The molecule has 0 spiro atoms. The zero-order valence-corrected chi connectivity index (χ0v) is 13.0. The van der Waals surface area contributed by atoms with E-state index in [1.165, 1.54) is 0 Å². The summed E-state index contributed by atoms with van der Waals surface area (Å²) in [6.45, 7) is 1.69. The average Bonchev–Trinajstić information content (AvgIpc) is 2.59. The van der Waals surface area contributed by atoms with Crippen LogP contribution in [0.4, 0.5) is 5.82 Å². The van der Waals surface area contributed by atoms with E-state index in [2.05, 4.69) is 5.10 Å². The van der Waals surface area contributed by atoms with Crippen molar-refractivity contribution in [2.24, 2.45) is 0 Å². The lowest BCUT2D eigenvalue weighted by Crippen LogP contribution is -2.21. The van der Waals surface area contributed by atoms with E-state index in [1.807, 2.05) is 42.5 Å². The quantitative estimate of drug-likeness (QED) is 0.807. The molecule has 3 aromatic rings. The van der Waals surface area contributed by atoms with E-state index in [0.29, 0.717) is 17.1 Å². The van der Waals surface area contributed by atoms with E-state index >= 15 is 0 Å². The van der Waals surface area contributed by atoms with Gasteiger partial charge in [0, 0.05) is 0 Å². The molecule has 1 aromatic heterocycles. The molecule has 5 nitrogen and oxygen atoms in total. The fraction of sp³-hybridized carbons (Fsp3) is 0.111. The molecule has 3 rings (SSSR count). The predicted molar refractivity (Wildman–Crippen MR) is 91.0 cm³/mol. The van der Waals surface area contributed by atoms with Gasteiger partial charge in [0.2, 0.25) is 5.43 Å². The SMILES string of the molecule is COc1ccc(-c2c(N)n(-c3ccccc3)nc(C)c2=O)cc1. The summed E-state index contributed by atoms with van der Waals surface area (Å²) in [5.74, 6) is 1.04. The number of anilines is 1. The van der Waals surface area contributed by atoms with Crippen molar-refractivity contribution in [1.82, 2.24) is 9.78 Å². The van der Waals surface area contributed by atoms with Crippen LogP contribution in [0.5, 0.6) is 5.75 Å². The van der Waals surface area contributed by atoms with Crippen molar-refractivity contribution >= 4 is 5.82 Å². The number of nitrogen functional groups attached to an aromatic ring is 1. The van der Waals surface area contributed by atoms with Crippen molar-refractivity contribution in [1.29, 1.82) is 0 Å². The van der Waals surface area contributed by atoms with Gasteiger partial charge in [-0.25, -0.2) is 4.68 Å². The van der Waals surface area contributed by atoms with Gasteiger partial charge >= 0.3 is 0 Å². The monoisotopic (exact) mass is 307 g/mol. The van der Waals surface area contributed by atoms with Crippen LogP contribution in [0.25, 0.3) is 16.8 Å². The van der Waals surface area contributed by atoms with Gasteiger partial charge in [-0.15, -0.1) is 0 Å². The van der Waals surface area contributed by atoms with Crippen LogP contribution < -0.4 is 15.9 Å². The smallest absolute Gasteiger partial charge is 0.213 e. The first kappa shape index (κ1) is 14.8. The molecule has 0 saturated heterocycles. The molecule has 0 atom stereocenters. The maximum absolute atomic E-state index is 12.5. The van der Waals surface area contributed by atoms with Crippen molar-refractivity contribution in [3.05, 3.63) is 70.5 Å². The Morgan fingerprint density at radius 3 is 2.30 bits per heavy atom. The number of benzene rings is 2. The lowest BCUT2D eigenvalue weighted by atomic mass is 10.1. The standard InChI is InChI=1S/C18H17N3O2/c1-12-17(22)16(13-8-10-15(23-2)11-9-13)18(19)21(20-12)14-6-4-3-5-7-14/h3-11H,19H2,1-2H3. The molecular weight excluding hydrogens is 290 g/mol. The van der Waals surface area contributed by atoms with Crippen molar-refractivity contribution in [3.8, 4) is 22.6 Å². The first-order valence-corrected chi connectivity index (χ1v) is 7.21. The maximum Gasteiger partial charge on any atom is 0.213 e. The fourth-order valence-corrected chi connectivity index (χ4v) is 2.46. The van der Waals surface area contributed by atoms with Gasteiger partial charge in [-0.3, -0.25) is 4.79 Å². The summed E-state index contributed by atoms with van der Waals surface area (Å²) in [7, 11) is 1.60. The van der Waals surface area contributed by atoms with Crippen molar-refractivity contribution < 1.29 is 4.74 Å². The van der Waals surface area contributed by atoms with Gasteiger partial charge < -0.3 is 10.5 Å². The number of methoxy groups -OCH3 is 1. The summed E-state index contributed by atoms with van der Waals surface area (Å²) in [6.07, 6.45) is 0. The average molecular weight is 307 g/mol. The van der Waals surface area contributed by atoms with Crippen LogP contribution in [0.1, 0.15) is 5.69 Å². The minimum absolute atomic E-state index is 0.167. The molecule has 0 radical (unpaired) electrons. The van der Waals surface area contributed by atoms with Crippen LogP contribution in [0, 0.1) is 6.92 Å². The van der Waals surface area contributed by atoms with Crippen LogP contribution in [-0.2, 0) is 0 Å². The van der Waals surface area contributed by atoms with Crippen molar-refractivity contribution in [2.45, 2.75) is 6.92 Å². The zero-order chi connectivity index (χ0) is 16.4. The number of ether oxygens (including phenoxy) is 1. The maximum atomic E-state index is 12.5. The Labute approximate surface area is 134 Å². The molecule has 0 fully saturated rings. The number of aryl methyl sites for hydroxylation is 1. The Balaban J connectivity index is 2.24. The number of nitrogens with two attached hydrogens (primary N) is 1. The van der Waals surface area contributed by atoms with Gasteiger partial charge in [-0.2, -0.15) is 5.10 Å². The lowest BCUT2D eigenvalue weighted by molar-refractivity contribution is 0.415. The molecule has 0 bridgehead atoms. The molecule has 0 aliphatic rings. The Bertz CT molecular complexity index is 885. The Kier molecular flexibility index (Phi) is 3.85. The summed E-state index contributed by atoms with van der Waals surface area (Å²) < 4.78 is 6.75. The van der Waals surface area contributed by atoms with Gasteiger partial charge in [0.05, 0.1) is 18.4 Å². The number of hydrogen-bond donors (Lipinski definition) is 1. The molecule has 116 valence electrons. The Morgan fingerprint density at radius 1 is 1.04 bits per heavy atom. The van der Waals surface area contributed by atoms with Crippen LogP contribution >= 0.6 is 0 Å². The molecule has 0 unspecified atom stereocenters. The highest BCUT2D eigenvalue weighted by Crippen LogP contribution is 2.26. The minimum Gasteiger partial charge on any atom is -0.497 e. The van der Waals surface area contributed by atoms with Crippen molar-refractivity contribution in [3.63, 3.8) is 0 Å². The molecule has 2 N–H and O–H groups in total. The van der Waals surface area contributed by atoms with Crippen molar-refractivity contribution in [2.75, 3.05) is 12.8 Å². The number of hydrogen-bond acceptors (Lipinski definition) is 4. The van der Waals surface area contributed by atoms with E-state index < -0.39 is 0 Å². The van der Waals surface area contributed by atoms with Gasteiger partial charge in [-0.1, -0.05) is 30.3 Å². The summed E-state index contributed by atoms with van der Waals surface area (Å²) in [5, 5.41) is 4.32. The number of rotatable bonds is 3. The van der Waals surface area contributed by atoms with E-state index in [9.17, 15) is 4.79 Å². The second-order valence-electron chi connectivity index (χ2n) is 5.15. The van der Waals surface area contributed by atoms with Gasteiger partial charge in [0.1, 0.15) is 17.3 Å². The van der Waals surface area contributed by atoms with Crippen LogP contribution in [0.15, 0.2) is 59.4 Å². The normalized spacial score (nSPS) is 10.5. The predicted octanol–water partition coefficient (Wildman–Crippen LogP) is 2.80. The summed E-state index contributed by atoms with van der Waals surface area (Å²) >= 11 is 0. The first-order chi connectivity index (χ1) is 11.1. The van der Waals surface area contributed by atoms with Gasteiger partial charge in [0.25, 0.3) is 0 Å². The summed E-state index contributed by atoms with van der Waals surface area (Å²) in [4.78, 5) is 12.5. The molecule has 0 amide bonds. The highest BCUT2D eigenvalue weighted by atomic mass is 16.5. The molecular formula is C18H17N3O2. The Morgan fingerprint density at radius 2 is 1.70 bits per heavy atom. The van der Waals surface area contributed by atoms with Crippen LogP contribution in [0.2, 0.25) is 0 Å². The molecule has 0 aliphatic heterocycles. The highest BCUT2D eigenvalue weighted by molar-refractivity contribution is 5.75.